The van der Waals surface area contributed by atoms with Crippen LogP contribution in [0.3, 0.4) is 0 Å². The standard InChI is InChI=1S/C13H18N2S/c1-13(2,9-14)15(3)11-8-16-12-7-5-4-6-10(11)12/h4-8H,9,14H2,1-3H3. The average molecular weight is 234 g/mol. The summed E-state index contributed by atoms with van der Waals surface area (Å²) in [6.45, 7) is 4.98. The highest BCUT2D eigenvalue weighted by atomic mass is 32.1. The molecular weight excluding hydrogens is 216 g/mol. The van der Waals surface area contributed by atoms with E-state index in [-0.39, 0.29) is 5.54 Å². The molecule has 16 heavy (non-hydrogen) atoms. The number of nitrogens with two attached hydrogens (primary N) is 1. The van der Waals surface area contributed by atoms with Gasteiger partial charge in [-0.3, -0.25) is 0 Å². The first-order chi connectivity index (χ1) is 7.56. The van der Waals surface area contributed by atoms with E-state index in [0.717, 1.165) is 0 Å². The first kappa shape index (κ1) is 11.4. The molecule has 2 N–H and O–H groups in total. The molecule has 3 heteroatoms. The molecule has 2 rings (SSSR count). The van der Waals surface area contributed by atoms with Crippen LogP contribution in [0.4, 0.5) is 5.69 Å². The van der Waals surface area contributed by atoms with Crippen molar-refractivity contribution in [2.45, 2.75) is 19.4 Å². The Hall–Kier alpha value is -1.06. The molecule has 0 saturated carbocycles. The Balaban J connectivity index is 2.48. The molecule has 0 atom stereocenters. The number of rotatable bonds is 3. The minimum atomic E-state index is -0.0101. The molecule has 0 spiro atoms. The number of thiophene rings is 1. The SMILES string of the molecule is CN(c1csc2ccccc12)C(C)(C)CN. The van der Waals surface area contributed by atoms with Crippen molar-refractivity contribution in [3.8, 4) is 0 Å². The maximum Gasteiger partial charge on any atom is 0.0557 e. The van der Waals surface area contributed by atoms with Gasteiger partial charge in [0.15, 0.2) is 0 Å². The van der Waals surface area contributed by atoms with Gasteiger partial charge in [-0.1, -0.05) is 18.2 Å². The number of fused-ring (bicyclic) bond motifs is 1. The van der Waals surface area contributed by atoms with E-state index in [1.807, 2.05) is 0 Å². The van der Waals surface area contributed by atoms with Crippen LogP contribution >= 0.6 is 11.3 Å². The number of hydrogen-bond acceptors (Lipinski definition) is 3. The van der Waals surface area contributed by atoms with Gasteiger partial charge >= 0.3 is 0 Å². The van der Waals surface area contributed by atoms with Gasteiger partial charge < -0.3 is 10.6 Å². The predicted octanol–water partition coefficient (Wildman–Crippen LogP) is 3.07. The number of likely N-dealkylation sites (N-methyl/N-ethyl adjacent to an activating group) is 1. The largest absolute Gasteiger partial charge is 0.367 e. The van der Waals surface area contributed by atoms with Gasteiger partial charge in [-0.2, -0.15) is 0 Å². The van der Waals surface area contributed by atoms with Gasteiger partial charge in [0.05, 0.1) is 5.69 Å². The fourth-order valence-corrected chi connectivity index (χ4v) is 2.67. The monoisotopic (exact) mass is 234 g/mol. The van der Waals surface area contributed by atoms with Crippen LogP contribution < -0.4 is 10.6 Å². The molecule has 0 aliphatic rings. The molecule has 1 aromatic carbocycles. The summed E-state index contributed by atoms with van der Waals surface area (Å²) in [6, 6.07) is 8.50. The fraction of sp³-hybridized carbons (Fsp3) is 0.385. The molecule has 2 aromatic rings. The number of hydrogen-bond donors (Lipinski definition) is 1. The van der Waals surface area contributed by atoms with Crippen LogP contribution in [0.15, 0.2) is 29.6 Å². The van der Waals surface area contributed by atoms with Crippen molar-refractivity contribution in [2.24, 2.45) is 5.73 Å². The quantitative estimate of drug-likeness (QED) is 0.884. The number of anilines is 1. The lowest BCUT2D eigenvalue weighted by Gasteiger charge is -2.36. The van der Waals surface area contributed by atoms with Crippen LogP contribution in [0, 0.1) is 0 Å². The molecule has 0 saturated heterocycles. The smallest absolute Gasteiger partial charge is 0.0557 e. The van der Waals surface area contributed by atoms with Crippen molar-refractivity contribution in [1.29, 1.82) is 0 Å². The fourth-order valence-electron chi connectivity index (χ4n) is 1.69. The Morgan fingerprint density at radius 2 is 2.00 bits per heavy atom. The molecule has 86 valence electrons. The lowest BCUT2D eigenvalue weighted by atomic mass is 10.0. The highest BCUT2D eigenvalue weighted by molar-refractivity contribution is 7.17. The van der Waals surface area contributed by atoms with Crippen LogP contribution in [0.2, 0.25) is 0 Å². The molecule has 0 fully saturated rings. The van der Waals surface area contributed by atoms with Gasteiger partial charge in [0.1, 0.15) is 0 Å². The summed E-state index contributed by atoms with van der Waals surface area (Å²) in [5.41, 5.74) is 7.08. The van der Waals surface area contributed by atoms with Gasteiger partial charge in [0, 0.05) is 34.6 Å². The van der Waals surface area contributed by atoms with E-state index in [0.29, 0.717) is 6.54 Å². The van der Waals surface area contributed by atoms with E-state index in [1.54, 1.807) is 11.3 Å². The average Bonchev–Trinajstić information content (AvgIpc) is 2.71. The highest BCUT2D eigenvalue weighted by Gasteiger charge is 2.23. The van der Waals surface area contributed by atoms with Crippen LogP contribution in [-0.2, 0) is 0 Å². The lowest BCUT2D eigenvalue weighted by Crippen LogP contribution is -2.47. The molecule has 1 aromatic heterocycles. The lowest BCUT2D eigenvalue weighted by molar-refractivity contribution is 0.500. The summed E-state index contributed by atoms with van der Waals surface area (Å²) in [6.07, 6.45) is 0. The van der Waals surface area contributed by atoms with Crippen molar-refractivity contribution < 1.29 is 0 Å². The van der Waals surface area contributed by atoms with Crippen LogP contribution in [0.5, 0.6) is 0 Å². The molecule has 0 radical (unpaired) electrons. The molecule has 0 aliphatic carbocycles. The van der Waals surface area contributed by atoms with Gasteiger partial charge in [-0.25, -0.2) is 0 Å². The zero-order chi connectivity index (χ0) is 11.8. The Labute approximate surface area is 101 Å². The van der Waals surface area contributed by atoms with Crippen LogP contribution in [0.25, 0.3) is 10.1 Å². The molecule has 0 aliphatic heterocycles. The Morgan fingerprint density at radius 3 is 2.69 bits per heavy atom. The summed E-state index contributed by atoms with van der Waals surface area (Å²) in [4.78, 5) is 2.27. The Kier molecular flexibility index (Phi) is 2.91. The topological polar surface area (TPSA) is 29.3 Å². The second-order valence-electron chi connectivity index (χ2n) is 4.69. The Bertz CT molecular complexity index is 487. The van der Waals surface area contributed by atoms with Crippen LogP contribution in [0.1, 0.15) is 13.8 Å². The van der Waals surface area contributed by atoms with Crippen molar-refractivity contribution in [2.75, 3.05) is 18.5 Å². The van der Waals surface area contributed by atoms with Crippen molar-refractivity contribution in [3.63, 3.8) is 0 Å². The maximum atomic E-state index is 5.82. The second-order valence-corrected chi connectivity index (χ2v) is 5.60. The van der Waals surface area contributed by atoms with Crippen LogP contribution in [-0.4, -0.2) is 19.1 Å². The molecule has 0 bridgehead atoms. The highest BCUT2D eigenvalue weighted by Crippen LogP contribution is 2.34. The number of nitrogens with zero attached hydrogens (tertiary/aromatic N) is 1. The summed E-state index contributed by atoms with van der Waals surface area (Å²) in [7, 11) is 2.11. The van der Waals surface area contributed by atoms with Gasteiger partial charge in [0.2, 0.25) is 0 Å². The normalized spacial score (nSPS) is 12.0. The van der Waals surface area contributed by atoms with E-state index >= 15 is 0 Å². The van der Waals surface area contributed by atoms with E-state index in [9.17, 15) is 0 Å². The zero-order valence-electron chi connectivity index (χ0n) is 10.0. The molecule has 0 unspecified atom stereocenters. The first-order valence-corrected chi connectivity index (χ1v) is 6.34. The Morgan fingerprint density at radius 1 is 1.31 bits per heavy atom. The van der Waals surface area contributed by atoms with E-state index in [2.05, 4.69) is 55.4 Å². The molecule has 2 nitrogen and oxygen atoms in total. The maximum absolute atomic E-state index is 5.82. The predicted molar refractivity (Wildman–Crippen MR) is 73.4 cm³/mol. The minimum absolute atomic E-state index is 0.0101. The molecule has 1 heterocycles. The first-order valence-electron chi connectivity index (χ1n) is 5.46. The summed E-state index contributed by atoms with van der Waals surface area (Å²) in [5.74, 6) is 0. The van der Waals surface area contributed by atoms with Gasteiger partial charge in [-0.15, -0.1) is 11.3 Å². The van der Waals surface area contributed by atoms with Gasteiger partial charge in [0.25, 0.3) is 0 Å². The third-order valence-electron chi connectivity index (χ3n) is 3.23. The third kappa shape index (κ3) is 1.81. The number of benzene rings is 1. The zero-order valence-corrected chi connectivity index (χ0v) is 10.8. The third-order valence-corrected chi connectivity index (χ3v) is 4.18. The van der Waals surface area contributed by atoms with Crippen molar-refractivity contribution in [3.05, 3.63) is 29.6 Å². The molecular formula is C13H18N2S. The summed E-state index contributed by atoms with van der Waals surface area (Å²) < 4.78 is 1.33. The van der Waals surface area contributed by atoms with Crippen molar-refractivity contribution >= 4 is 27.1 Å². The summed E-state index contributed by atoms with van der Waals surface area (Å²) >= 11 is 1.79. The van der Waals surface area contributed by atoms with E-state index in [1.165, 1.54) is 15.8 Å². The minimum Gasteiger partial charge on any atom is -0.367 e. The summed E-state index contributed by atoms with van der Waals surface area (Å²) in [5, 5.41) is 3.53. The van der Waals surface area contributed by atoms with Gasteiger partial charge in [-0.05, 0) is 19.9 Å². The molecule has 0 amide bonds. The second kappa shape index (κ2) is 4.07. The van der Waals surface area contributed by atoms with E-state index < -0.39 is 0 Å². The van der Waals surface area contributed by atoms with Crippen molar-refractivity contribution in [1.82, 2.24) is 0 Å². The van der Waals surface area contributed by atoms with E-state index in [4.69, 9.17) is 5.73 Å².